The van der Waals surface area contributed by atoms with Crippen LogP contribution in [0, 0.1) is 0 Å². The SMILES string of the molecule is CCCn1c(SCC(=O)N[C@@H](C)CC)nc2ccc(Br)cc2c1=O. The largest absolute Gasteiger partial charge is 0.353 e. The van der Waals surface area contributed by atoms with Gasteiger partial charge in [0.15, 0.2) is 5.16 Å². The molecule has 0 fully saturated rings. The smallest absolute Gasteiger partial charge is 0.262 e. The molecule has 1 N–H and O–H groups in total. The Kier molecular flexibility index (Phi) is 6.86. The third kappa shape index (κ3) is 4.60. The van der Waals surface area contributed by atoms with Gasteiger partial charge in [0, 0.05) is 17.1 Å². The second-order valence-corrected chi connectivity index (χ2v) is 7.54. The van der Waals surface area contributed by atoms with Crippen LogP contribution in [-0.2, 0) is 11.3 Å². The third-order valence-corrected chi connectivity index (χ3v) is 5.15. The summed E-state index contributed by atoms with van der Waals surface area (Å²) in [6.07, 6.45) is 1.72. The topological polar surface area (TPSA) is 64.0 Å². The number of nitrogens with zero attached hydrogens (tertiary/aromatic N) is 2. The molecule has 2 rings (SSSR count). The minimum absolute atomic E-state index is 0.0393. The number of carbonyl (C=O) groups is 1. The number of rotatable bonds is 7. The molecule has 1 atom stereocenters. The van der Waals surface area contributed by atoms with E-state index in [-0.39, 0.29) is 23.3 Å². The van der Waals surface area contributed by atoms with Crippen LogP contribution in [0.15, 0.2) is 32.6 Å². The number of amides is 1. The summed E-state index contributed by atoms with van der Waals surface area (Å²) < 4.78 is 2.51. The van der Waals surface area contributed by atoms with Gasteiger partial charge in [-0.25, -0.2) is 4.98 Å². The van der Waals surface area contributed by atoms with Crippen molar-refractivity contribution in [3.63, 3.8) is 0 Å². The first-order chi connectivity index (χ1) is 11.5. The van der Waals surface area contributed by atoms with E-state index in [0.29, 0.717) is 22.6 Å². The molecule has 1 aromatic carbocycles. The molecule has 0 aliphatic rings. The minimum Gasteiger partial charge on any atom is -0.353 e. The fourth-order valence-corrected chi connectivity index (χ4v) is 3.45. The van der Waals surface area contributed by atoms with E-state index >= 15 is 0 Å². The highest BCUT2D eigenvalue weighted by Crippen LogP contribution is 2.20. The van der Waals surface area contributed by atoms with Crippen molar-refractivity contribution in [3.05, 3.63) is 33.0 Å². The lowest BCUT2D eigenvalue weighted by Gasteiger charge is -2.14. The predicted molar refractivity (Wildman–Crippen MR) is 103 cm³/mol. The van der Waals surface area contributed by atoms with Crippen LogP contribution in [0.25, 0.3) is 10.9 Å². The van der Waals surface area contributed by atoms with Crippen molar-refractivity contribution >= 4 is 44.5 Å². The van der Waals surface area contributed by atoms with E-state index in [1.807, 2.05) is 32.9 Å². The van der Waals surface area contributed by atoms with Crippen LogP contribution in [0.4, 0.5) is 0 Å². The Balaban J connectivity index is 2.31. The summed E-state index contributed by atoms with van der Waals surface area (Å²) in [5, 5.41) is 4.11. The fraction of sp³-hybridized carbons (Fsp3) is 0.471. The maximum absolute atomic E-state index is 12.7. The van der Waals surface area contributed by atoms with Gasteiger partial charge in [-0.2, -0.15) is 0 Å². The van der Waals surface area contributed by atoms with Gasteiger partial charge >= 0.3 is 0 Å². The highest BCUT2D eigenvalue weighted by Gasteiger charge is 2.14. The van der Waals surface area contributed by atoms with Gasteiger partial charge < -0.3 is 5.32 Å². The number of thioether (sulfide) groups is 1. The van der Waals surface area contributed by atoms with Crippen molar-refractivity contribution in [1.29, 1.82) is 0 Å². The molecule has 1 heterocycles. The lowest BCUT2D eigenvalue weighted by atomic mass is 10.2. The normalized spacial score (nSPS) is 12.3. The average molecular weight is 412 g/mol. The third-order valence-electron chi connectivity index (χ3n) is 3.68. The molecule has 1 amide bonds. The molecule has 0 saturated carbocycles. The minimum atomic E-state index is -0.0621. The lowest BCUT2D eigenvalue weighted by molar-refractivity contribution is -0.119. The van der Waals surface area contributed by atoms with Crippen LogP contribution < -0.4 is 10.9 Å². The van der Waals surface area contributed by atoms with Crippen molar-refractivity contribution in [2.24, 2.45) is 0 Å². The maximum atomic E-state index is 12.7. The van der Waals surface area contributed by atoms with Crippen LogP contribution in [-0.4, -0.2) is 27.3 Å². The summed E-state index contributed by atoms with van der Waals surface area (Å²) in [6, 6.07) is 5.63. The first kappa shape index (κ1) is 19.0. The zero-order valence-electron chi connectivity index (χ0n) is 14.1. The Hall–Kier alpha value is -1.34. The number of fused-ring (bicyclic) bond motifs is 1. The number of aromatic nitrogens is 2. The average Bonchev–Trinajstić information content (AvgIpc) is 2.56. The molecule has 0 spiro atoms. The van der Waals surface area contributed by atoms with Gasteiger partial charge in [0.2, 0.25) is 5.91 Å². The van der Waals surface area contributed by atoms with Crippen LogP contribution in [0.5, 0.6) is 0 Å². The molecule has 0 aliphatic heterocycles. The Morgan fingerprint density at radius 2 is 2.17 bits per heavy atom. The molecule has 130 valence electrons. The quantitative estimate of drug-likeness (QED) is 0.558. The number of nitrogens with one attached hydrogen (secondary N) is 1. The Labute approximate surface area is 154 Å². The van der Waals surface area contributed by atoms with Crippen LogP contribution in [0.3, 0.4) is 0 Å². The van der Waals surface area contributed by atoms with Gasteiger partial charge in [-0.1, -0.05) is 41.5 Å². The standard InChI is InChI=1S/C17H22BrN3O2S/c1-4-8-21-16(23)13-9-12(18)6-7-14(13)20-17(21)24-10-15(22)19-11(3)5-2/h6-7,9,11H,4-5,8,10H2,1-3H3,(H,19,22)/t11-/m0/s1. The van der Waals surface area contributed by atoms with E-state index < -0.39 is 0 Å². The van der Waals surface area contributed by atoms with Gasteiger partial charge in [0.05, 0.1) is 16.7 Å². The summed E-state index contributed by atoms with van der Waals surface area (Å²) >= 11 is 4.70. The molecule has 0 aliphatic carbocycles. The molecule has 0 unspecified atom stereocenters. The van der Waals surface area contributed by atoms with Crippen LogP contribution >= 0.6 is 27.7 Å². The molecule has 0 radical (unpaired) electrons. The van der Waals surface area contributed by atoms with Gasteiger partial charge in [0.1, 0.15) is 0 Å². The number of carbonyl (C=O) groups excluding carboxylic acids is 1. The van der Waals surface area contributed by atoms with Gasteiger partial charge in [-0.3, -0.25) is 14.2 Å². The van der Waals surface area contributed by atoms with Crippen molar-refractivity contribution in [2.75, 3.05) is 5.75 Å². The van der Waals surface area contributed by atoms with E-state index in [1.54, 1.807) is 10.6 Å². The highest BCUT2D eigenvalue weighted by molar-refractivity contribution is 9.10. The summed E-state index contributed by atoms with van der Waals surface area (Å²) in [4.78, 5) is 29.3. The first-order valence-electron chi connectivity index (χ1n) is 8.08. The number of halogens is 1. The zero-order chi connectivity index (χ0) is 17.7. The van der Waals surface area contributed by atoms with E-state index in [1.165, 1.54) is 11.8 Å². The van der Waals surface area contributed by atoms with Crippen molar-refractivity contribution in [3.8, 4) is 0 Å². The molecule has 0 saturated heterocycles. The van der Waals surface area contributed by atoms with Crippen molar-refractivity contribution < 1.29 is 4.79 Å². The summed E-state index contributed by atoms with van der Waals surface area (Å²) in [7, 11) is 0. The molecular weight excluding hydrogens is 390 g/mol. The Morgan fingerprint density at radius 1 is 1.42 bits per heavy atom. The molecule has 7 heteroatoms. The van der Waals surface area contributed by atoms with Crippen LogP contribution in [0.1, 0.15) is 33.6 Å². The van der Waals surface area contributed by atoms with E-state index in [9.17, 15) is 9.59 Å². The molecule has 0 bridgehead atoms. The van der Waals surface area contributed by atoms with Crippen LogP contribution in [0.2, 0.25) is 0 Å². The number of hydrogen-bond acceptors (Lipinski definition) is 4. The van der Waals surface area contributed by atoms with Crippen molar-refractivity contribution in [2.45, 2.75) is 51.4 Å². The molecular formula is C17H22BrN3O2S. The summed E-state index contributed by atoms with van der Waals surface area (Å²) in [5.41, 5.74) is 0.591. The van der Waals surface area contributed by atoms with Gasteiger partial charge in [0.25, 0.3) is 5.56 Å². The molecule has 5 nitrogen and oxygen atoms in total. The second-order valence-electron chi connectivity index (χ2n) is 5.68. The monoisotopic (exact) mass is 411 g/mol. The Bertz CT molecular complexity index is 791. The number of hydrogen-bond donors (Lipinski definition) is 1. The predicted octanol–water partition coefficient (Wildman–Crippen LogP) is 3.58. The summed E-state index contributed by atoms with van der Waals surface area (Å²) in [5.74, 6) is 0.213. The molecule has 24 heavy (non-hydrogen) atoms. The van der Waals surface area contributed by atoms with Crippen molar-refractivity contribution in [1.82, 2.24) is 14.9 Å². The van der Waals surface area contributed by atoms with E-state index in [2.05, 4.69) is 26.2 Å². The fourth-order valence-electron chi connectivity index (χ4n) is 2.25. The van der Waals surface area contributed by atoms with E-state index in [0.717, 1.165) is 17.3 Å². The Morgan fingerprint density at radius 3 is 2.83 bits per heavy atom. The maximum Gasteiger partial charge on any atom is 0.262 e. The highest BCUT2D eigenvalue weighted by atomic mass is 79.9. The van der Waals surface area contributed by atoms with E-state index in [4.69, 9.17) is 0 Å². The first-order valence-corrected chi connectivity index (χ1v) is 9.86. The second kappa shape index (κ2) is 8.67. The zero-order valence-corrected chi connectivity index (χ0v) is 16.5. The molecule has 2 aromatic rings. The molecule has 1 aromatic heterocycles. The van der Waals surface area contributed by atoms with Gasteiger partial charge in [-0.15, -0.1) is 0 Å². The summed E-state index contributed by atoms with van der Waals surface area (Å²) in [6.45, 7) is 6.60. The lowest BCUT2D eigenvalue weighted by Crippen LogP contribution is -2.33. The van der Waals surface area contributed by atoms with Gasteiger partial charge in [-0.05, 0) is 38.0 Å². The number of benzene rings is 1.